The Labute approximate surface area is 117 Å². The first-order valence-electron chi connectivity index (χ1n) is 6.88. The van der Waals surface area contributed by atoms with Gasteiger partial charge in [0.25, 0.3) is 0 Å². The summed E-state index contributed by atoms with van der Waals surface area (Å²) in [6, 6.07) is 13.9. The van der Waals surface area contributed by atoms with Crippen LogP contribution in [0.5, 0.6) is 0 Å². The summed E-state index contributed by atoms with van der Waals surface area (Å²) in [5, 5.41) is 3.40. The molecule has 2 nitrogen and oxygen atoms in total. The van der Waals surface area contributed by atoms with Crippen LogP contribution >= 0.6 is 0 Å². The lowest BCUT2D eigenvalue weighted by Crippen LogP contribution is -2.13. The summed E-state index contributed by atoms with van der Waals surface area (Å²) in [5.74, 6) is -0.732. The molecule has 1 heterocycles. The van der Waals surface area contributed by atoms with E-state index in [1.807, 2.05) is 18.2 Å². The van der Waals surface area contributed by atoms with Crippen molar-refractivity contribution < 1.29 is 9.18 Å². The van der Waals surface area contributed by atoms with Gasteiger partial charge >= 0.3 is 0 Å². The molecule has 0 saturated carbocycles. The van der Waals surface area contributed by atoms with E-state index in [-0.39, 0.29) is 11.3 Å². The van der Waals surface area contributed by atoms with Crippen LogP contribution in [0.15, 0.2) is 48.5 Å². The summed E-state index contributed by atoms with van der Waals surface area (Å²) in [7, 11) is 0. The minimum atomic E-state index is -0.470. The molecule has 0 amide bonds. The zero-order valence-corrected chi connectivity index (χ0v) is 11.1. The Hall–Kier alpha value is -2.00. The van der Waals surface area contributed by atoms with Crippen molar-refractivity contribution in [3.63, 3.8) is 0 Å². The number of carbonyl (C=O) groups is 1. The summed E-state index contributed by atoms with van der Waals surface area (Å²) in [6.45, 7) is 1.01. The normalized spacial score (nSPS) is 18.1. The van der Waals surface area contributed by atoms with Crippen LogP contribution in [0.1, 0.15) is 40.4 Å². The Bertz CT molecular complexity index is 632. The monoisotopic (exact) mass is 269 g/mol. The molecule has 0 aromatic heterocycles. The van der Waals surface area contributed by atoms with Crippen molar-refractivity contribution in [2.75, 3.05) is 6.54 Å². The van der Waals surface area contributed by atoms with Crippen LogP contribution in [0.2, 0.25) is 0 Å². The third kappa shape index (κ3) is 2.49. The summed E-state index contributed by atoms with van der Waals surface area (Å²) < 4.78 is 13.7. The van der Waals surface area contributed by atoms with Crippen LogP contribution < -0.4 is 5.32 Å². The lowest BCUT2D eigenvalue weighted by molar-refractivity contribution is 0.103. The van der Waals surface area contributed by atoms with E-state index in [1.54, 1.807) is 18.2 Å². The van der Waals surface area contributed by atoms with E-state index in [9.17, 15) is 9.18 Å². The molecule has 20 heavy (non-hydrogen) atoms. The molecule has 0 unspecified atom stereocenters. The molecule has 3 heteroatoms. The van der Waals surface area contributed by atoms with Crippen LogP contribution in [0.3, 0.4) is 0 Å². The maximum absolute atomic E-state index is 13.7. The van der Waals surface area contributed by atoms with Crippen LogP contribution in [0, 0.1) is 5.82 Å². The van der Waals surface area contributed by atoms with Gasteiger partial charge in [0.1, 0.15) is 5.82 Å². The molecule has 0 bridgehead atoms. The third-order valence-corrected chi connectivity index (χ3v) is 3.73. The lowest BCUT2D eigenvalue weighted by Gasteiger charge is -2.12. The summed E-state index contributed by atoms with van der Waals surface area (Å²) in [4.78, 5) is 12.4. The van der Waals surface area contributed by atoms with Gasteiger partial charge in [-0.2, -0.15) is 0 Å². The molecule has 1 fully saturated rings. The van der Waals surface area contributed by atoms with E-state index in [2.05, 4.69) is 5.32 Å². The fourth-order valence-electron chi connectivity index (χ4n) is 2.67. The first kappa shape index (κ1) is 13.0. The van der Waals surface area contributed by atoms with Gasteiger partial charge in [-0.25, -0.2) is 4.39 Å². The van der Waals surface area contributed by atoms with Crippen LogP contribution in [0.4, 0.5) is 4.39 Å². The molecule has 3 rings (SSSR count). The van der Waals surface area contributed by atoms with E-state index >= 15 is 0 Å². The Kier molecular flexibility index (Phi) is 3.61. The quantitative estimate of drug-likeness (QED) is 0.864. The average Bonchev–Trinajstić information content (AvgIpc) is 3.01. The maximum atomic E-state index is 13.7. The van der Waals surface area contributed by atoms with Gasteiger partial charge in [-0.05, 0) is 43.1 Å². The van der Waals surface area contributed by atoms with Gasteiger partial charge in [0.05, 0.1) is 5.56 Å². The number of carbonyl (C=O) groups excluding carboxylic acids is 1. The predicted molar refractivity (Wildman–Crippen MR) is 76.3 cm³/mol. The molecular formula is C17H16FNO. The molecule has 2 aromatic carbocycles. The number of nitrogens with one attached hydrogen (secondary N) is 1. The van der Waals surface area contributed by atoms with E-state index in [4.69, 9.17) is 0 Å². The van der Waals surface area contributed by atoms with Crippen molar-refractivity contribution in [3.8, 4) is 0 Å². The highest BCUT2D eigenvalue weighted by Crippen LogP contribution is 2.24. The van der Waals surface area contributed by atoms with Crippen molar-refractivity contribution >= 4 is 5.78 Å². The molecule has 1 aliphatic heterocycles. The van der Waals surface area contributed by atoms with Gasteiger partial charge in [-0.1, -0.05) is 30.3 Å². The highest BCUT2D eigenvalue weighted by atomic mass is 19.1. The highest BCUT2D eigenvalue weighted by Gasteiger charge is 2.18. The molecule has 0 radical (unpaired) electrons. The fraction of sp³-hybridized carbons (Fsp3) is 0.235. The van der Waals surface area contributed by atoms with Crippen molar-refractivity contribution in [2.45, 2.75) is 18.9 Å². The van der Waals surface area contributed by atoms with Gasteiger partial charge in [0.15, 0.2) is 5.78 Å². The second-order valence-corrected chi connectivity index (χ2v) is 5.08. The molecule has 1 aliphatic rings. The molecule has 1 saturated heterocycles. The second-order valence-electron chi connectivity index (χ2n) is 5.08. The van der Waals surface area contributed by atoms with E-state index in [0.29, 0.717) is 11.6 Å². The zero-order valence-electron chi connectivity index (χ0n) is 11.1. The molecule has 0 spiro atoms. The van der Waals surface area contributed by atoms with Gasteiger partial charge in [-0.15, -0.1) is 0 Å². The first-order chi connectivity index (χ1) is 9.75. The smallest absolute Gasteiger partial charge is 0.195 e. The molecule has 1 N–H and O–H groups in total. The van der Waals surface area contributed by atoms with Gasteiger partial charge < -0.3 is 5.32 Å². The molecule has 2 aromatic rings. The zero-order chi connectivity index (χ0) is 13.9. The number of hydrogen-bond donors (Lipinski definition) is 1. The Morgan fingerprint density at radius 2 is 2.00 bits per heavy atom. The number of ketones is 1. The molecule has 1 atom stereocenters. The van der Waals surface area contributed by atoms with E-state index in [1.165, 1.54) is 12.1 Å². The molecular weight excluding hydrogens is 253 g/mol. The summed E-state index contributed by atoms with van der Waals surface area (Å²) >= 11 is 0. The summed E-state index contributed by atoms with van der Waals surface area (Å²) in [5.41, 5.74) is 1.77. The summed E-state index contributed by atoms with van der Waals surface area (Å²) in [6.07, 6.45) is 2.23. The standard InChI is InChI=1S/C17H16FNO/c18-15-8-2-1-7-14(15)17(20)13-6-3-5-12(11-13)16-9-4-10-19-16/h1-3,5-8,11,16,19H,4,9-10H2/t16-/m1/s1. The van der Waals surface area contributed by atoms with E-state index in [0.717, 1.165) is 24.9 Å². The Morgan fingerprint density at radius 1 is 1.15 bits per heavy atom. The SMILES string of the molecule is O=C(c1cccc([C@H]2CCCN2)c1)c1ccccc1F. The van der Waals surface area contributed by atoms with Crippen molar-refractivity contribution in [1.82, 2.24) is 5.32 Å². The van der Waals surface area contributed by atoms with E-state index < -0.39 is 5.82 Å². The van der Waals surface area contributed by atoms with Crippen LogP contribution in [-0.4, -0.2) is 12.3 Å². The maximum Gasteiger partial charge on any atom is 0.195 e. The third-order valence-electron chi connectivity index (χ3n) is 3.73. The molecule has 0 aliphatic carbocycles. The second kappa shape index (κ2) is 5.55. The van der Waals surface area contributed by atoms with Gasteiger partial charge in [0.2, 0.25) is 0 Å². The predicted octanol–water partition coefficient (Wildman–Crippen LogP) is 3.48. The van der Waals surface area contributed by atoms with Crippen molar-refractivity contribution in [1.29, 1.82) is 0 Å². The number of benzene rings is 2. The largest absolute Gasteiger partial charge is 0.310 e. The number of rotatable bonds is 3. The topological polar surface area (TPSA) is 29.1 Å². The minimum absolute atomic E-state index is 0.129. The Balaban J connectivity index is 1.92. The van der Waals surface area contributed by atoms with Gasteiger partial charge in [0, 0.05) is 11.6 Å². The fourth-order valence-corrected chi connectivity index (χ4v) is 2.67. The minimum Gasteiger partial charge on any atom is -0.310 e. The van der Waals surface area contributed by atoms with Crippen LogP contribution in [-0.2, 0) is 0 Å². The number of halogens is 1. The lowest BCUT2D eigenvalue weighted by atomic mass is 9.97. The van der Waals surface area contributed by atoms with Crippen molar-refractivity contribution in [3.05, 3.63) is 71.0 Å². The molecule has 102 valence electrons. The first-order valence-corrected chi connectivity index (χ1v) is 6.88. The highest BCUT2D eigenvalue weighted by molar-refractivity contribution is 6.09. The Morgan fingerprint density at radius 3 is 2.75 bits per heavy atom. The van der Waals surface area contributed by atoms with Crippen molar-refractivity contribution in [2.24, 2.45) is 0 Å². The average molecular weight is 269 g/mol. The van der Waals surface area contributed by atoms with Crippen LogP contribution in [0.25, 0.3) is 0 Å². The van der Waals surface area contributed by atoms with Gasteiger partial charge in [-0.3, -0.25) is 4.79 Å². The number of hydrogen-bond acceptors (Lipinski definition) is 2.